The highest BCUT2D eigenvalue weighted by Crippen LogP contribution is 2.16. The van der Waals surface area contributed by atoms with E-state index in [0.29, 0.717) is 6.54 Å². The number of hydrogen-bond donors (Lipinski definition) is 2. The Bertz CT molecular complexity index is 476. The highest BCUT2D eigenvalue weighted by Gasteiger charge is 2.02. The monoisotopic (exact) mass is 265 g/mol. The van der Waals surface area contributed by atoms with Gasteiger partial charge in [0.05, 0.1) is 12.2 Å². The van der Waals surface area contributed by atoms with E-state index in [2.05, 4.69) is 34.0 Å². The van der Waals surface area contributed by atoms with Crippen molar-refractivity contribution in [3.05, 3.63) is 33.8 Å². The molecule has 98 valence electrons. The van der Waals surface area contributed by atoms with E-state index in [0.717, 1.165) is 31.7 Å². The molecule has 0 amide bonds. The zero-order valence-electron chi connectivity index (χ0n) is 10.6. The van der Waals surface area contributed by atoms with Crippen molar-refractivity contribution in [2.24, 2.45) is 5.73 Å². The molecule has 0 atom stereocenters. The molecule has 0 aliphatic heterocycles. The van der Waals surface area contributed by atoms with Crippen LogP contribution < -0.4 is 11.1 Å². The van der Waals surface area contributed by atoms with Crippen molar-refractivity contribution in [3.8, 4) is 0 Å². The summed E-state index contributed by atoms with van der Waals surface area (Å²) in [5.74, 6) is 0. The SMILES string of the molecule is CCc1ccsc1CNCCn1cc(CN)nn1. The number of nitrogens with one attached hydrogen (secondary N) is 1. The van der Waals surface area contributed by atoms with Gasteiger partial charge in [-0.2, -0.15) is 0 Å². The van der Waals surface area contributed by atoms with Gasteiger partial charge < -0.3 is 11.1 Å². The highest BCUT2D eigenvalue weighted by atomic mass is 32.1. The Morgan fingerprint density at radius 3 is 3.11 bits per heavy atom. The van der Waals surface area contributed by atoms with Crippen LogP contribution in [0.25, 0.3) is 0 Å². The molecule has 2 heterocycles. The van der Waals surface area contributed by atoms with Crippen molar-refractivity contribution in [2.45, 2.75) is 33.0 Å². The maximum atomic E-state index is 5.48. The van der Waals surface area contributed by atoms with Gasteiger partial charge in [-0.25, -0.2) is 0 Å². The van der Waals surface area contributed by atoms with Crippen LogP contribution in [0, 0.1) is 0 Å². The van der Waals surface area contributed by atoms with Crippen molar-refractivity contribution < 1.29 is 0 Å². The summed E-state index contributed by atoms with van der Waals surface area (Å²) in [6, 6.07) is 2.20. The first-order valence-corrected chi connectivity index (χ1v) is 7.06. The molecule has 6 heteroatoms. The first-order valence-electron chi connectivity index (χ1n) is 6.18. The maximum Gasteiger partial charge on any atom is 0.0962 e. The number of thiophene rings is 1. The third-order valence-electron chi connectivity index (χ3n) is 2.82. The van der Waals surface area contributed by atoms with Crippen molar-refractivity contribution in [3.63, 3.8) is 0 Å². The van der Waals surface area contributed by atoms with Gasteiger partial charge in [-0.3, -0.25) is 4.68 Å². The minimum Gasteiger partial charge on any atom is -0.325 e. The molecule has 0 aliphatic rings. The van der Waals surface area contributed by atoms with Gasteiger partial charge in [-0.05, 0) is 23.4 Å². The van der Waals surface area contributed by atoms with Crippen LogP contribution in [0.2, 0.25) is 0 Å². The molecule has 0 bridgehead atoms. The van der Waals surface area contributed by atoms with Gasteiger partial charge in [0.15, 0.2) is 0 Å². The molecule has 0 unspecified atom stereocenters. The predicted molar refractivity (Wildman–Crippen MR) is 73.3 cm³/mol. The molecule has 2 rings (SSSR count). The Morgan fingerprint density at radius 2 is 2.39 bits per heavy atom. The number of rotatable bonds is 7. The molecule has 0 aliphatic carbocycles. The molecule has 0 saturated heterocycles. The van der Waals surface area contributed by atoms with E-state index in [-0.39, 0.29) is 0 Å². The van der Waals surface area contributed by atoms with Crippen molar-refractivity contribution in [1.82, 2.24) is 20.3 Å². The fourth-order valence-electron chi connectivity index (χ4n) is 1.77. The van der Waals surface area contributed by atoms with Gasteiger partial charge in [-0.15, -0.1) is 16.4 Å². The number of aryl methyl sites for hydroxylation is 1. The number of hydrogen-bond acceptors (Lipinski definition) is 5. The maximum absolute atomic E-state index is 5.48. The molecule has 2 aromatic heterocycles. The second kappa shape index (κ2) is 6.63. The van der Waals surface area contributed by atoms with Crippen LogP contribution in [0.15, 0.2) is 17.6 Å². The van der Waals surface area contributed by atoms with Crippen LogP contribution in [0.4, 0.5) is 0 Å². The number of nitrogens with two attached hydrogens (primary N) is 1. The van der Waals surface area contributed by atoms with E-state index in [1.807, 2.05) is 22.2 Å². The largest absolute Gasteiger partial charge is 0.325 e. The average Bonchev–Trinajstić information content (AvgIpc) is 3.03. The molecule has 0 saturated carbocycles. The molecular weight excluding hydrogens is 246 g/mol. The molecule has 0 spiro atoms. The molecule has 0 radical (unpaired) electrons. The van der Waals surface area contributed by atoms with Crippen LogP contribution >= 0.6 is 11.3 Å². The molecule has 2 aromatic rings. The molecule has 0 aromatic carbocycles. The van der Waals surface area contributed by atoms with Crippen molar-refractivity contribution in [1.29, 1.82) is 0 Å². The zero-order valence-corrected chi connectivity index (χ0v) is 11.4. The molecular formula is C12H19N5S. The van der Waals surface area contributed by atoms with Gasteiger partial charge in [0.25, 0.3) is 0 Å². The predicted octanol–water partition coefficient (Wildman–Crippen LogP) is 1.15. The standard InChI is InChI=1S/C12H19N5S/c1-2-10-3-6-18-12(10)8-14-4-5-17-9-11(7-13)15-16-17/h3,6,9,14H,2,4-5,7-8,13H2,1H3. The van der Waals surface area contributed by atoms with E-state index in [1.54, 1.807) is 0 Å². The van der Waals surface area contributed by atoms with Crippen LogP contribution in [-0.4, -0.2) is 21.5 Å². The summed E-state index contributed by atoms with van der Waals surface area (Å²) in [6.07, 6.45) is 2.99. The van der Waals surface area contributed by atoms with E-state index >= 15 is 0 Å². The van der Waals surface area contributed by atoms with E-state index < -0.39 is 0 Å². The summed E-state index contributed by atoms with van der Waals surface area (Å²) >= 11 is 1.81. The third kappa shape index (κ3) is 3.38. The van der Waals surface area contributed by atoms with E-state index in [1.165, 1.54) is 10.4 Å². The normalized spacial score (nSPS) is 11.0. The van der Waals surface area contributed by atoms with E-state index in [4.69, 9.17) is 5.73 Å². The van der Waals surface area contributed by atoms with Crippen LogP contribution in [0.3, 0.4) is 0 Å². The summed E-state index contributed by atoms with van der Waals surface area (Å²) in [5.41, 5.74) is 7.76. The fourth-order valence-corrected chi connectivity index (χ4v) is 2.72. The van der Waals surface area contributed by atoms with Crippen LogP contribution in [0.5, 0.6) is 0 Å². The quantitative estimate of drug-likeness (QED) is 0.737. The van der Waals surface area contributed by atoms with E-state index in [9.17, 15) is 0 Å². The lowest BCUT2D eigenvalue weighted by Gasteiger charge is -2.04. The Balaban J connectivity index is 1.73. The highest BCUT2D eigenvalue weighted by molar-refractivity contribution is 7.10. The fraction of sp³-hybridized carbons (Fsp3) is 0.500. The first-order chi connectivity index (χ1) is 8.83. The van der Waals surface area contributed by atoms with Crippen LogP contribution in [0.1, 0.15) is 23.1 Å². The summed E-state index contributed by atoms with van der Waals surface area (Å²) in [4.78, 5) is 1.43. The minimum absolute atomic E-state index is 0.447. The van der Waals surface area contributed by atoms with Gasteiger partial charge >= 0.3 is 0 Å². The van der Waals surface area contributed by atoms with Crippen molar-refractivity contribution >= 4 is 11.3 Å². The number of nitrogens with zero attached hydrogens (tertiary/aromatic N) is 3. The topological polar surface area (TPSA) is 68.8 Å². The Kier molecular flexibility index (Phi) is 4.86. The lowest BCUT2D eigenvalue weighted by molar-refractivity contribution is 0.541. The summed E-state index contributed by atoms with van der Waals surface area (Å²) in [7, 11) is 0. The summed E-state index contributed by atoms with van der Waals surface area (Å²) in [6.45, 7) is 5.27. The molecule has 18 heavy (non-hydrogen) atoms. The lowest BCUT2D eigenvalue weighted by atomic mass is 10.2. The van der Waals surface area contributed by atoms with Gasteiger partial charge in [0.2, 0.25) is 0 Å². The van der Waals surface area contributed by atoms with Crippen LogP contribution in [-0.2, 0) is 26.1 Å². The smallest absolute Gasteiger partial charge is 0.0962 e. The van der Waals surface area contributed by atoms with Gasteiger partial charge in [-0.1, -0.05) is 12.1 Å². The Labute approximate surface area is 111 Å². The summed E-state index contributed by atoms with van der Waals surface area (Å²) in [5, 5.41) is 13.5. The average molecular weight is 265 g/mol. The minimum atomic E-state index is 0.447. The molecule has 0 fully saturated rings. The third-order valence-corrected chi connectivity index (χ3v) is 3.78. The summed E-state index contributed by atoms with van der Waals surface area (Å²) < 4.78 is 1.82. The van der Waals surface area contributed by atoms with Gasteiger partial charge in [0, 0.05) is 30.7 Å². The lowest BCUT2D eigenvalue weighted by Crippen LogP contribution is -2.19. The Morgan fingerprint density at radius 1 is 1.50 bits per heavy atom. The number of aromatic nitrogens is 3. The van der Waals surface area contributed by atoms with Crippen molar-refractivity contribution in [2.75, 3.05) is 6.54 Å². The second-order valence-electron chi connectivity index (χ2n) is 4.08. The van der Waals surface area contributed by atoms with Gasteiger partial charge in [0.1, 0.15) is 0 Å². The first kappa shape index (κ1) is 13.2. The molecule has 5 nitrogen and oxygen atoms in total. The second-order valence-corrected chi connectivity index (χ2v) is 5.08. The molecule has 3 N–H and O–H groups in total. The Hall–Kier alpha value is -1.24. The zero-order chi connectivity index (χ0) is 12.8.